The van der Waals surface area contributed by atoms with Gasteiger partial charge in [-0.1, -0.05) is 58.4 Å². The van der Waals surface area contributed by atoms with Gasteiger partial charge < -0.3 is 0 Å². The van der Waals surface area contributed by atoms with Gasteiger partial charge in [-0.2, -0.15) is 0 Å². The summed E-state index contributed by atoms with van der Waals surface area (Å²) < 4.78 is 0. The second kappa shape index (κ2) is 10.7. The highest BCUT2D eigenvalue weighted by molar-refractivity contribution is 5.94. The first-order valence-electron chi connectivity index (χ1n) is 6.62. The number of carbonyl (C=O) groups is 1. The fourth-order valence-corrected chi connectivity index (χ4v) is 1.71. The van der Waals surface area contributed by atoms with Crippen LogP contribution in [0.5, 0.6) is 0 Å². The van der Waals surface area contributed by atoms with Gasteiger partial charge in [0.05, 0.1) is 0 Å². The van der Waals surface area contributed by atoms with Crippen molar-refractivity contribution in [2.45, 2.75) is 71.6 Å². The Labute approximate surface area is 101 Å². The third-order valence-electron chi connectivity index (χ3n) is 2.94. The summed E-state index contributed by atoms with van der Waals surface area (Å²) in [5.41, 5.74) is 3.34. The molecule has 16 heavy (non-hydrogen) atoms. The highest BCUT2D eigenvalue weighted by Gasteiger charge is 2.02. The first-order valence-corrected chi connectivity index (χ1v) is 6.62. The zero-order valence-corrected chi connectivity index (χ0v) is 11.0. The summed E-state index contributed by atoms with van der Waals surface area (Å²) in [4.78, 5) is 11.4. The summed E-state index contributed by atoms with van der Waals surface area (Å²) in [7, 11) is 0. The molecular formula is C15H26O. The molecule has 0 unspecified atom stereocenters. The molecule has 0 fully saturated rings. The molecule has 0 bridgehead atoms. The van der Waals surface area contributed by atoms with Crippen LogP contribution in [0.4, 0.5) is 0 Å². The maximum absolute atomic E-state index is 11.4. The summed E-state index contributed by atoms with van der Waals surface area (Å²) in [6.45, 7) is 7.51. The van der Waals surface area contributed by atoms with E-state index in [1.165, 1.54) is 44.9 Å². The molecule has 0 aromatic rings. The number of unbranched alkanes of at least 4 members (excludes halogenated alkanes) is 7. The minimum atomic E-state index is 0.209. The zero-order valence-electron chi connectivity index (χ0n) is 11.0. The summed E-state index contributed by atoms with van der Waals surface area (Å²) in [6, 6.07) is 0. The maximum atomic E-state index is 11.4. The van der Waals surface area contributed by atoms with E-state index in [1.807, 2.05) is 0 Å². The topological polar surface area (TPSA) is 17.1 Å². The molecule has 1 nitrogen and oxygen atoms in total. The van der Waals surface area contributed by atoms with E-state index in [-0.39, 0.29) is 5.78 Å². The molecule has 0 aliphatic carbocycles. The van der Waals surface area contributed by atoms with Crippen LogP contribution in [-0.4, -0.2) is 5.78 Å². The van der Waals surface area contributed by atoms with Crippen molar-refractivity contribution in [2.75, 3.05) is 0 Å². The molecule has 0 aromatic heterocycles. The predicted molar refractivity (Wildman–Crippen MR) is 70.6 cm³/mol. The molecule has 0 aliphatic rings. The van der Waals surface area contributed by atoms with E-state index in [4.69, 9.17) is 0 Å². The van der Waals surface area contributed by atoms with Gasteiger partial charge >= 0.3 is 0 Å². The number of ketones is 1. The second-order valence-electron chi connectivity index (χ2n) is 4.45. The van der Waals surface area contributed by atoms with Crippen molar-refractivity contribution in [1.29, 1.82) is 0 Å². The van der Waals surface area contributed by atoms with Crippen molar-refractivity contribution in [3.8, 4) is 0 Å². The fraction of sp³-hybridized carbons (Fsp3) is 0.733. The molecule has 0 rings (SSSR count). The summed E-state index contributed by atoms with van der Waals surface area (Å²) in [6.07, 6.45) is 10.9. The first kappa shape index (κ1) is 15.2. The summed E-state index contributed by atoms with van der Waals surface area (Å²) in [5, 5.41) is 0. The molecule has 0 heterocycles. The number of allylic oxidation sites excluding steroid dienone is 1. The van der Waals surface area contributed by atoms with Gasteiger partial charge in [-0.15, -0.1) is 5.73 Å². The van der Waals surface area contributed by atoms with Crippen LogP contribution in [0.1, 0.15) is 71.6 Å². The normalized spacial score (nSPS) is 9.88. The Hall–Kier alpha value is -0.810. The minimum Gasteiger partial charge on any atom is -0.294 e. The zero-order chi connectivity index (χ0) is 12.2. The average Bonchev–Trinajstić information content (AvgIpc) is 2.31. The number of Topliss-reactive ketones (excluding diaryl/α,β-unsaturated/α-hetero) is 1. The lowest BCUT2D eigenvalue weighted by Gasteiger charge is -2.01. The van der Waals surface area contributed by atoms with Crippen molar-refractivity contribution < 1.29 is 4.79 Å². The smallest absolute Gasteiger partial charge is 0.166 e. The third kappa shape index (κ3) is 8.49. The van der Waals surface area contributed by atoms with E-state index in [9.17, 15) is 4.79 Å². The lowest BCUT2D eigenvalue weighted by molar-refractivity contribution is -0.115. The molecule has 1 heteroatoms. The van der Waals surface area contributed by atoms with Crippen LogP contribution in [-0.2, 0) is 4.79 Å². The first-order chi connectivity index (χ1) is 7.72. The van der Waals surface area contributed by atoms with Crippen LogP contribution in [0.3, 0.4) is 0 Å². The van der Waals surface area contributed by atoms with Gasteiger partial charge in [0.25, 0.3) is 0 Å². The second-order valence-corrected chi connectivity index (χ2v) is 4.45. The van der Waals surface area contributed by atoms with E-state index in [2.05, 4.69) is 19.2 Å². The lowest BCUT2D eigenvalue weighted by atomic mass is 10.0. The van der Waals surface area contributed by atoms with E-state index in [0.29, 0.717) is 12.0 Å². The van der Waals surface area contributed by atoms with Gasteiger partial charge in [-0.25, -0.2) is 0 Å². The summed E-state index contributed by atoms with van der Waals surface area (Å²) >= 11 is 0. The van der Waals surface area contributed by atoms with Gasteiger partial charge in [0, 0.05) is 12.0 Å². The highest BCUT2D eigenvalue weighted by Crippen LogP contribution is 2.10. The molecule has 0 spiro atoms. The minimum absolute atomic E-state index is 0.209. The fourth-order valence-electron chi connectivity index (χ4n) is 1.71. The Morgan fingerprint density at radius 2 is 1.50 bits per heavy atom. The van der Waals surface area contributed by atoms with E-state index >= 15 is 0 Å². The SMILES string of the molecule is C=C=C(C)C(=O)CCCCCCCCCC. The van der Waals surface area contributed by atoms with Gasteiger partial charge in [0.2, 0.25) is 0 Å². The third-order valence-corrected chi connectivity index (χ3v) is 2.94. The van der Waals surface area contributed by atoms with Gasteiger partial charge in [0.1, 0.15) is 0 Å². The highest BCUT2D eigenvalue weighted by atomic mass is 16.1. The van der Waals surface area contributed by atoms with E-state index < -0.39 is 0 Å². The Kier molecular flexibility index (Phi) is 10.2. The molecule has 0 atom stereocenters. The number of hydrogen-bond donors (Lipinski definition) is 0. The molecule has 0 saturated carbocycles. The maximum Gasteiger partial charge on any atom is 0.166 e. The molecule has 0 aliphatic heterocycles. The van der Waals surface area contributed by atoms with Crippen LogP contribution in [0.15, 0.2) is 17.9 Å². The Morgan fingerprint density at radius 3 is 2.00 bits per heavy atom. The standard InChI is InChI=1S/C15H26O/c1-4-6-7-8-9-10-11-12-13-15(16)14(3)5-2/h2,4,6-13H2,1,3H3. The van der Waals surface area contributed by atoms with Crippen molar-refractivity contribution >= 4 is 5.78 Å². The molecule has 0 amide bonds. The summed E-state index contributed by atoms with van der Waals surface area (Å²) in [5.74, 6) is 0.209. The average molecular weight is 222 g/mol. The Balaban J connectivity index is 3.27. The molecule has 0 aromatic carbocycles. The predicted octanol–water partition coefficient (Wildman–Crippen LogP) is 4.82. The van der Waals surface area contributed by atoms with Crippen molar-refractivity contribution in [3.63, 3.8) is 0 Å². The molecular weight excluding hydrogens is 196 g/mol. The van der Waals surface area contributed by atoms with Crippen LogP contribution < -0.4 is 0 Å². The van der Waals surface area contributed by atoms with Crippen LogP contribution in [0, 0.1) is 0 Å². The quantitative estimate of drug-likeness (QED) is 0.294. The van der Waals surface area contributed by atoms with E-state index in [0.717, 1.165) is 6.42 Å². The van der Waals surface area contributed by atoms with Crippen LogP contribution >= 0.6 is 0 Å². The van der Waals surface area contributed by atoms with Gasteiger partial charge in [0.15, 0.2) is 5.78 Å². The van der Waals surface area contributed by atoms with Gasteiger partial charge in [-0.05, 0) is 13.3 Å². The number of carbonyl (C=O) groups excluding carboxylic acids is 1. The van der Waals surface area contributed by atoms with Crippen molar-refractivity contribution in [2.24, 2.45) is 0 Å². The molecule has 92 valence electrons. The molecule has 0 saturated heterocycles. The largest absolute Gasteiger partial charge is 0.294 e. The molecule has 0 N–H and O–H groups in total. The molecule has 0 radical (unpaired) electrons. The monoisotopic (exact) mass is 222 g/mol. The van der Waals surface area contributed by atoms with Crippen LogP contribution in [0.25, 0.3) is 0 Å². The van der Waals surface area contributed by atoms with Crippen molar-refractivity contribution in [1.82, 2.24) is 0 Å². The van der Waals surface area contributed by atoms with Crippen LogP contribution in [0.2, 0.25) is 0 Å². The van der Waals surface area contributed by atoms with E-state index in [1.54, 1.807) is 6.92 Å². The lowest BCUT2D eigenvalue weighted by Crippen LogP contribution is -1.98. The number of rotatable bonds is 10. The van der Waals surface area contributed by atoms with Crippen molar-refractivity contribution in [3.05, 3.63) is 17.9 Å². The number of hydrogen-bond acceptors (Lipinski definition) is 1. The Morgan fingerprint density at radius 1 is 1.00 bits per heavy atom. The van der Waals surface area contributed by atoms with Gasteiger partial charge in [-0.3, -0.25) is 4.79 Å². The Bertz CT molecular complexity index is 234.